The predicted molar refractivity (Wildman–Crippen MR) is 64.3 cm³/mol. The minimum absolute atomic E-state index is 0.0938. The molecule has 0 bridgehead atoms. The van der Waals surface area contributed by atoms with E-state index >= 15 is 0 Å². The summed E-state index contributed by atoms with van der Waals surface area (Å²) < 4.78 is 1.74. The van der Waals surface area contributed by atoms with Gasteiger partial charge in [0.2, 0.25) is 0 Å². The molecule has 5 nitrogen and oxygen atoms in total. The molecule has 2 aromatic rings. The van der Waals surface area contributed by atoms with E-state index in [4.69, 9.17) is 5.11 Å². The molecule has 1 aromatic carbocycles. The first-order valence-corrected chi connectivity index (χ1v) is 5.31. The maximum atomic E-state index is 10.4. The fraction of sp³-hybridized carbons (Fsp3) is 0.167. The number of nitrogens with one attached hydrogen (secondary N) is 1. The first-order chi connectivity index (χ1) is 8.25. The molecule has 0 aliphatic rings. The third-order valence-corrected chi connectivity index (χ3v) is 2.27. The van der Waals surface area contributed by atoms with Crippen molar-refractivity contribution in [2.45, 2.75) is 6.42 Å². The molecule has 5 heteroatoms. The number of para-hydroxylation sites is 1. The zero-order valence-corrected chi connectivity index (χ0v) is 9.21. The van der Waals surface area contributed by atoms with E-state index in [0.29, 0.717) is 6.54 Å². The lowest BCUT2D eigenvalue weighted by Gasteiger charge is -2.00. The quantitative estimate of drug-likeness (QED) is 0.822. The SMILES string of the molecule is O=C(O)CCNc1cnn(-c2ccccc2)c1. The molecule has 2 N–H and O–H groups in total. The van der Waals surface area contributed by atoms with Crippen LogP contribution in [0.1, 0.15) is 6.42 Å². The highest BCUT2D eigenvalue weighted by atomic mass is 16.4. The van der Waals surface area contributed by atoms with Gasteiger partial charge in [-0.05, 0) is 12.1 Å². The number of aromatic nitrogens is 2. The Bertz CT molecular complexity index is 493. The van der Waals surface area contributed by atoms with Crippen LogP contribution in [0.3, 0.4) is 0 Å². The van der Waals surface area contributed by atoms with Gasteiger partial charge in [0.25, 0.3) is 0 Å². The van der Waals surface area contributed by atoms with Gasteiger partial charge in [0.15, 0.2) is 0 Å². The minimum Gasteiger partial charge on any atom is -0.481 e. The van der Waals surface area contributed by atoms with Crippen molar-refractivity contribution in [1.29, 1.82) is 0 Å². The topological polar surface area (TPSA) is 67.2 Å². The van der Waals surface area contributed by atoms with Gasteiger partial charge in [-0.1, -0.05) is 18.2 Å². The van der Waals surface area contributed by atoms with Crippen LogP contribution in [-0.4, -0.2) is 27.4 Å². The summed E-state index contributed by atoms with van der Waals surface area (Å²) in [5.74, 6) is -0.812. The lowest BCUT2D eigenvalue weighted by atomic mass is 10.3. The molecule has 0 fully saturated rings. The standard InChI is InChI=1S/C12H13N3O2/c16-12(17)6-7-13-10-8-14-15(9-10)11-4-2-1-3-5-11/h1-5,8-9,13H,6-7H2,(H,16,17). The molecule has 0 amide bonds. The van der Waals surface area contributed by atoms with E-state index in [2.05, 4.69) is 10.4 Å². The summed E-state index contributed by atoms with van der Waals surface area (Å²) >= 11 is 0. The third kappa shape index (κ3) is 3.07. The van der Waals surface area contributed by atoms with Crippen LogP contribution in [0.4, 0.5) is 5.69 Å². The predicted octanol–water partition coefficient (Wildman–Crippen LogP) is 1.76. The molecule has 17 heavy (non-hydrogen) atoms. The molecule has 1 aromatic heterocycles. The Morgan fingerprint density at radius 3 is 2.82 bits per heavy atom. The molecular formula is C12H13N3O2. The van der Waals surface area contributed by atoms with E-state index in [1.54, 1.807) is 10.9 Å². The Morgan fingerprint density at radius 1 is 1.35 bits per heavy atom. The summed E-state index contributed by atoms with van der Waals surface area (Å²) in [7, 11) is 0. The maximum Gasteiger partial charge on any atom is 0.305 e. The number of carboxylic acid groups (broad SMARTS) is 1. The summed E-state index contributed by atoms with van der Waals surface area (Å²) in [4.78, 5) is 10.4. The van der Waals surface area contributed by atoms with Crippen molar-refractivity contribution in [3.05, 3.63) is 42.7 Å². The van der Waals surface area contributed by atoms with Gasteiger partial charge in [-0.25, -0.2) is 4.68 Å². The average Bonchev–Trinajstić information content (AvgIpc) is 2.78. The minimum atomic E-state index is -0.812. The number of anilines is 1. The van der Waals surface area contributed by atoms with Crippen molar-refractivity contribution in [3.8, 4) is 5.69 Å². The molecule has 0 saturated carbocycles. The van der Waals surface area contributed by atoms with Crippen molar-refractivity contribution in [3.63, 3.8) is 0 Å². The number of nitrogens with zero attached hydrogens (tertiary/aromatic N) is 2. The van der Waals surface area contributed by atoms with Crippen molar-refractivity contribution >= 4 is 11.7 Å². The zero-order valence-electron chi connectivity index (χ0n) is 9.21. The van der Waals surface area contributed by atoms with E-state index in [1.807, 2.05) is 36.5 Å². The smallest absolute Gasteiger partial charge is 0.305 e. The molecule has 0 saturated heterocycles. The van der Waals surface area contributed by atoms with Crippen LogP contribution in [0, 0.1) is 0 Å². The Balaban J connectivity index is 1.99. The Hall–Kier alpha value is -2.30. The van der Waals surface area contributed by atoms with Crippen LogP contribution in [0.25, 0.3) is 5.69 Å². The second-order valence-electron chi connectivity index (χ2n) is 3.58. The van der Waals surface area contributed by atoms with Gasteiger partial charge >= 0.3 is 5.97 Å². The van der Waals surface area contributed by atoms with Crippen LogP contribution in [0.15, 0.2) is 42.7 Å². The van der Waals surface area contributed by atoms with E-state index in [-0.39, 0.29) is 6.42 Å². The van der Waals surface area contributed by atoms with E-state index in [1.165, 1.54) is 0 Å². The van der Waals surface area contributed by atoms with Crippen LogP contribution < -0.4 is 5.32 Å². The largest absolute Gasteiger partial charge is 0.481 e. The third-order valence-electron chi connectivity index (χ3n) is 2.27. The molecular weight excluding hydrogens is 218 g/mol. The number of aliphatic carboxylic acids is 1. The monoisotopic (exact) mass is 231 g/mol. The molecule has 2 rings (SSSR count). The normalized spacial score (nSPS) is 10.1. The van der Waals surface area contributed by atoms with Crippen LogP contribution in [0.2, 0.25) is 0 Å². The molecule has 0 spiro atoms. The molecule has 1 heterocycles. The van der Waals surface area contributed by atoms with E-state index < -0.39 is 5.97 Å². The van der Waals surface area contributed by atoms with Gasteiger partial charge in [-0.2, -0.15) is 5.10 Å². The maximum absolute atomic E-state index is 10.4. The van der Waals surface area contributed by atoms with Crippen molar-refractivity contribution in [1.82, 2.24) is 9.78 Å². The average molecular weight is 231 g/mol. The van der Waals surface area contributed by atoms with Gasteiger partial charge in [-0.3, -0.25) is 4.79 Å². The first kappa shape index (κ1) is 11.2. The summed E-state index contributed by atoms with van der Waals surface area (Å²) in [6.45, 7) is 0.399. The highest BCUT2D eigenvalue weighted by Gasteiger charge is 2.01. The number of carbonyl (C=O) groups is 1. The number of hydrogen-bond donors (Lipinski definition) is 2. The highest BCUT2D eigenvalue weighted by Crippen LogP contribution is 2.10. The zero-order chi connectivity index (χ0) is 12.1. The van der Waals surface area contributed by atoms with Crippen LogP contribution in [-0.2, 0) is 4.79 Å². The fourth-order valence-electron chi connectivity index (χ4n) is 1.45. The summed E-state index contributed by atoms with van der Waals surface area (Å²) in [5.41, 5.74) is 1.79. The second kappa shape index (κ2) is 5.16. The Labute approximate surface area is 98.7 Å². The van der Waals surface area contributed by atoms with Crippen molar-refractivity contribution in [2.24, 2.45) is 0 Å². The van der Waals surface area contributed by atoms with Gasteiger partial charge in [0.1, 0.15) is 0 Å². The fourth-order valence-corrected chi connectivity index (χ4v) is 1.45. The molecule has 0 unspecified atom stereocenters. The molecule has 0 aliphatic carbocycles. The van der Waals surface area contributed by atoms with Crippen molar-refractivity contribution in [2.75, 3.05) is 11.9 Å². The van der Waals surface area contributed by atoms with E-state index in [0.717, 1.165) is 11.4 Å². The lowest BCUT2D eigenvalue weighted by molar-refractivity contribution is -0.136. The first-order valence-electron chi connectivity index (χ1n) is 5.31. The molecule has 88 valence electrons. The highest BCUT2D eigenvalue weighted by molar-refractivity contribution is 5.67. The summed E-state index contributed by atoms with van der Waals surface area (Å²) in [6, 6.07) is 9.73. The number of hydrogen-bond acceptors (Lipinski definition) is 3. The molecule has 0 atom stereocenters. The second-order valence-corrected chi connectivity index (χ2v) is 3.58. The lowest BCUT2D eigenvalue weighted by Crippen LogP contribution is -2.06. The number of rotatable bonds is 5. The van der Waals surface area contributed by atoms with Crippen LogP contribution >= 0.6 is 0 Å². The number of carboxylic acids is 1. The van der Waals surface area contributed by atoms with Crippen LogP contribution in [0.5, 0.6) is 0 Å². The van der Waals surface area contributed by atoms with Gasteiger partial charge in [-0.15, -0.1) is 0 Å². The summed E-state index contributed by atoms with van der Waals surface area (Å²) in [5, 5.41) is 15.7. The van der Waals surface area contributed by atoms with Crippen molar-refractivity contribution < 1.29 is 9.90 Å². The Kier molecular flexibility index (Phi) is 3.40. The number of benzene rings is 1. The van der Waals surface area contributed by atoms with E-state index in [9.17, 15) is 4.79 Å². The molecule has 0 radical (unpaired) electrons. The van der Waals surface area contributed by atoms with Gasteiger partial charge in [0, 0.05) is 6.54 Å². The Morgan fingerprint density at radius 2 is 2.12 bits per heavy atom. The van der Waals surface area contributed by atoms with Gasteiger partial charge < -0.3 is 10.4 Å². The van der Waals surface area contributed by atoms with Gasteiger partial charge in [0.05, 0.1) is 30.2 Å². The molecule has 0 aliphatic heterocycles. The summed E-state index contributed by atoms with van der Waals surface area (Å²) in [6.07, 6.45) is 3.60.